The molecule has 0 amide bonds. The molecule has 0 aromatic carbocycles. The predicted octanol–water partition coefficient (Wildman–Crippen LogP) is 2.27. The summed E-state index contributed by atoms with van der Waals surface area (Å²) in [7, 11) is 0. The standard InChI is InChI=1S/C7H15BrOS/c1-3-6(2)10-5-7(9)4-8/h6-7,9H,3-5H2,1-2H3. The number of hydrogen-bond donors (Lipinski definition) is 1. The fraction of sp³-hybridized carbons (Fsp3) is 1.00. The molecular weight excluding hydrogens is 212 g/mol. The zero-order valence-corrected chi connectivity index (χ0v) is 8.91. The van der Waals surface area contributed by atoms with Crippen LogP contribution in [0.4, 0.5) is 0 Å². The van der Waals surface area contributed by atoms with E-state index in [0.717, 1.165) is 5.75 Å². The maximum Gasteiger partial charge on any atom is 0.0727 e. The SMILES string of the molecule is CCC(C)SCC(O)CBr. The summed E-state index contributed by atoms with van der Waals surface area (Å²) in [5, 5.41) is 10.5. The van der Waals surface area contributed by atoms with Crippen molar-refractivity contribution in [3.63, 3.8) is 0 Å². The smallest absolute Gasteiger partial charge is 0.0727 e. The van der Waals surface area contributed by atoms with E-state index in [1.165, 1.54) is 6.42 Å². The van der Waals surface area contributed by atoms with Gasteiger partial charge < -0.3 is 5.11 Å². The third-order valence-corrected chi connectivity index (χ3v) is 3.55. The number of aliphatic hydroxyl groups excluding tert-OH is 1. The molecule has 0 aliphatic heterocycles. The Bertz CT molecular complexity index is 70.0. The largest absolute Gasteiger partial charge is 0.391 e. The lowest BCUT2D eigenvalue weighted by molar-refractivity contribution is 0.226. The van der Waals surface area contributed by atoms with Crippen molar-refractivity contribution in [3.05, 3.63) is 0 Å². The second-order valence-electron chi connectivity index (χ2n) is 2.36. The Morgan fingerprint density at radius 3 is 2.60 bits per heavy atom. The van der Waals surface area contributed by atoms with Crippen LogP contribution in [-0.4, -0.2) is 27.5 Å². The van der Waals surface area contributed by atoms with Crippen LogP contribution in [0.5, 0.6) is 0 Å². The van der Waals surface area contributed by atoms with E-state index in [2.05, 4.69) is 29.8 Å². The van der Waals surface area contributed by atoms with Gasteiger partial charge in [-0.15, -0.1) is 0 Å². The minimum absolute atomic E-state index is 0.181. The molecule has 2 atom stereocenters. The number of thioether (sulfide) groups is 1. The number of rotatable bonds is 5. The average Bonchev–Trinajstić information content (AvgIpc) is 1.99. The molecule has 1 N–H and O–H groups in total. The van der Waals surface area contributed by atoms with Gasteiger partial charge in [0.2, 0.25) is 0 Å². The first kappa shape index (κ1) is 10.8. The van der Waals surface area contributed by atoms with Gasteiger partial charge in [0.05, 0.1) is 6.10 Å². The summed E-state index contributed by atoms with van der Waals surface area (Å²) in [6.07, 6.45) is 0.999. The van der Waals surface area contributed by atoms with Crippen molar-refractivity contribution >= 4 is 27.7 Å². The van der Waals surface area contributed by atoms with Gasteiger partial charge in [-0.3, -0.25) is 0 Å². The number of halogens is 1. The van der Waals surface area contributed by atoms with Crippen molar-refractivity contribution in [2.24, 2.45) is 0 Å². The van der Waals surface area contributed by atoms with Crippen LogP contribution in [0.1, 0.15) is 20.3 Å². The third kappa shape index (κ3) is 5.57. The van der Waals surface area contributed by atoms with Gasteiger partial charge in [0, 0.05) is 16.3 Å². The quantitative estimate of drug-likeness (QED) is 0.727. The van der Waals surface area contributed by atoms with Crippen molar-refractivity contribution in [2.75, 3.05) is 11.1 Å². The number of hydrogen-bond acceptors (Lipinski definition) is 2. The van der Waals surface area contributed by atoms with Gasteiger partial charge in [0.15, 0.2) is 0 Å². The van der Waals surface area contributed by atoms with E-state index in [9.17, 15) is 0 Å². The maximum absolute atomic E-state index is 9.13. The summed E-state index contributed by atoms with van der Waals surface area (Å²) < 4.78 is 0. The molecule has 0 heterocycles. The molecule has 0 saturated heterocycles. The Labute approximate surface area is 75.7 Å². The lowest BCUT2D eigenvalue weighted by Gasteiger charge is -2.10. The first-order chi connectivity index (χ1) is 4.70. The van der Waals surface area contributed by atoms with Crippen molar-refractivity contribution in [3.8, 4) is 0 Å². The summed E-state index contributed by atoms with van der Waals surface area (Å²) >= 11 is 5.05. The molecule has 0 rings (SSSR count). The van der Waals surface area contributed by atoms with E-state index >= 15 is 0 Å². The van der Waals surface area contributed by atoms with Gasteiger partial charge in [-0.05, 0) is 6.42 Å². The molecule has 0 aliphatic rings. The molecule has 0 fully saturated rings. The molecule has 0 aliphatic carbocycles. The van der Waals surface area contributed by atoms with Crippen LogP contribution in [0.2, 0.25) is 0 Å². The van der Waals surface area contributed by atoms with Crippen LogP contribution in [0, 0.1) is 0 Å². The van der Waals surface area contributed by atoms with Gasteiger partial charge >= 0.3 is 0 Å². The number of alkyl halides is 1. The zero-order chi connectivity index (χ0) is 7.98. The average molecular weight is 227 g/mol. The molecule has 0 spiro atoms. The maximum atomic E-state index is 9.13. The summed E-state index contributed by atoms with van der Waals surface area (Å²) in [5.41, 5.74) is 0. The van der Waals surface area contributed by atoms with E-state index in [4.69, 9.17) is 5.11 Å². The molecule has 0 saturated carbocycles. The minimum atomic E-state index is -0.181. The molecule has 0 bridgehead atoms. The first-order valence-corrected chi connectivity index (χ1v) is 5.73. The van der Waals surface area contributed by atoms with Crippen LogP contribution in [0.25, 0.3) is 0 Å². The van der Waals surface area contributed by atoms with E-state index < -0.39 is 0 Å². The summed E-state index contributed by atoms with van der Waals surface area (Å²) in [6.45, 7) is 4.35. The van der Waals surface area contributed by atoms with Crippen LogP contribution in [-0.2, 0) is 0 Å². The molecule has 2 unspecified atom stereocenters. The Morgan fingerprint density at radius 1 is 1.60 bits per heavy atom. The van der Waals surface area contributed by atoms with E-state index in [-0.39, 0.29) is 6.10 Å². The van der Waals surface area contributed by atoms with Gasteiger partial charge in [0.25, 0.3) is 0 Å². The molecular formula is C7H15BrOS. The Kier molecular flexibility index (Phi) is 7.01. The second kappa shape index (κ2) is 6.50. The van der Waals surface area contributed by atoms with Crippen LogP contribution >= 0.6 is 27.7 Å². The zero-order valence-electron chi connectivity index (χ0n) is 6.51. The summed E-state index contributed by atoms with van der Waals surface area (Å²) in [4.78, 5) is 0. The highest BCUT2D eigenvalue weighted by atomic mass is 79.9. The fourth-order valence-electron chi connectivity index (χ4n) is 0.438. The molecule has 0 aromatic rings. The van der Waals surface area contributed by atoms with Crippen LogP contribution < -0.4 is 0 Å². The van der Waals surface area contributed by atoms with Crippen LogP contribution in [0.15, 0.2) is 0 Å². The van der Waals surface area contributed by atoms with Crippen molar-refractivity contribution in [1.82, 2.24) is 0 Å². The summed E-state index contributed by atoms with van der Waals surface area (Å²) in [5.74, 6) is 0.847. The molecule has 0 radical (unpaired) electrons. The van der Waals surface area contributed by atoms with Gasteiger partial charge in [0.1, 0.15) is 0 Å². The second-order valence-corrected chi connectivity index (χ2v) is 4.48. The van der Waals surface area contributed by atoms with Gasteiger partial charge in [-0.2, -0.15) is 11.8 Å². The normalized spacial score (nSPS) is 16.8. The monoisotopic (exact) mass is 226 g/mol. The lowest BCUT2D eigenvalue weighted by Crippen LogP contribution is -2.13. The van der Waals surface area contributed by atoms with Crippen molar-refractivity contribution < 1.29 is 5.11 Å². The number of aliphatic hydroxyl groups is 1. The lowest BCUT2D eigenvalue weighted by atomic mass is 10.4. The van der Waals surface area contributed by atoms with E-state index in [0.29, 0.717) is 10.6 Å². The molecule has 10 heavy (non-hydrogen) atoms. The van der Waals surface area contributed by atoms with Gasteiger partial charge in [-0.1, -0.05) is 29.8 Å². The van der Waals surface area contributed by atoms with E-state index in [1.807, 2.05) is 11.8 Å². The highest BCUT2D eigenvalue weighted by Crippen LogP contribution is 2.14. The Morgan fingerprint density at radius 2 is 2.20 bits per heavy atom. The van der Waals surface area contributed by atoms with Crippen LogP contribution in [0.3, 0.4) is 0 Å². The summed E-state index contributed by atoms with van der Waals surface area (Å²) in [6, 6.07) is 0. The molecule has 0 aromatic heterocycles. The Balaban J connectivity index is 3.17. The minimum Gasteiger partial charge on any atom is -0.391 e. The Hall–Kier alpha value is 0.790. The molecule has 1 nitrogen and oxygen atoms in total. The topological polar surface area (TPSA) is 20.2 Å². The van der Waals surface area contributed by atoms with Crippen molar-refractivity contribution in [1.29, 1.82) is 0 Å². The van der Waals surface area contributed by atoms with E-state index in [1.54, 1.807) is 0 Å². The molecule has 62 valence electrons. The van der Waals surface area contributed by atoms with Gasteiger partial charge in [-0.25, -0.2) is 0 Å². The highest BCUT2D eigenvalue weighted by molar-refractivity contribution is 9.09. The predicted molar refractivity (Wildman–Crippen MR) is 52.0 cm³/mol. The first-order valence-electron chi connectivity index (χ1n) is 3.56. The third-order valence-electron chi connectivity index (χ3n) is 1.33. The molecule has 3 heteroatoms. The highest BCUT2D eigenvalue weighted by Gasteiger charge is 2.04. The fourth-order valence-corrected chi connectivity index (χ4v) is 1.87. The van der Waals surface area contributed by atoms with Crippen molar-refractivity contribution in [2.45, 2.75) is 31.6 Å².